The van der Waals surface area contributed by atoms with E-state index in [-0.39, 0.29) is 42.8 Å². The van der Waals surface area contributed by atoms with Gasteiger partial charge >= 0.3 is 11.9 Å². The molecule has 0 atom stereocenters. The molecule has 1 aromatic carbocycles. The van der Waals surface area contributed by atoms with Gasteiger partial charge in [0.2, 0.25) is 0 Å². The molecule has 1 aromatic rings. The standard InChI is InChI=1S/C20H25N3O6/c1-29-20(28)16-12-23(10-11-24)18(25)17(16)21-14-2-4-15(5-3-14)22-8-6-13(7-9-22)19(26)27/h2-5,13,21,24H,6-12H2,1H3,(H,26,27). The van der Waals surface area contributed by atoms with E-state index in [2.05, 4.69) is 10.2 Å². The first-order valence-electron chi connectivity index (χ1n) is 9.51. The monoisotopic (exact) mass is 403 g/mol. The molecule has 0 saturated carbocycles. The Morgan fingerprint density at radius 2 is 1.86 bits per heavy atom. The Morgan fingerprint density at radius 1 is 1.21 bits per heavy atom. The first kappa shape index (κ1) is 20.7. The van der Waals surface area contributed by atoms with Crippen molar-refractivity contribution in [2.24, 2.45) is 5.92 Å². The average Bonchev–Trinajstić information content (AvgIpc) is 3.04. The van der Waals surface area contributed by atoms with Crippen LogP contribution in [0.2, 0.25) is 0 Å². The Kier molecular flexibility index (Phi) is 6.38. The number of carbonyl (C=O) groups excluding carboxylic acids is 2. The van der Waals surface area contributed by atoms with Crippen molar-refractivity contribution in [1.82, 2.24) is 4.90 Å². The van der Waals surface area contributed by atoms with Crippen LogP contribution in [-0.4, -0.2) is 72.9 Å². The van der Waals surface area contributed by atoms with Crippen LogP contribution >= 0.6 is 0 Å². The number of hydrogen-bond acceptors (Lipinski definition) is 7. The second-order valence-corrected chi connectivity index (χ2v) is 7.07. The summed E-state index contributed by atoms with van der Waals surface area (Å²) < 4.78 is 4.77. The van der Waals surface area contributed by atoms with Crippen molar-refractivity contribution in [3.8, 4) is 0 Å². The van der Waals surface area contributed by atoms with Crippen molar-refractivity contribution in [1.29, 1.82) is 0 Å². The zero-order chi connectivity index (χ0) is 21.0. The number of carboxylic acid groups (broad SMARTS) is 1. The summed E-state index contributed by atoms with van der Waals surface area (Å²) in [6.45, 7) is 1.38. The van der Waals surface area contributed by atoms with Gasteiger partial charge in [-0.05, 0) is 37.1 Å². The number of aliphatic carboxylic acids is 1. The number of amides is 1. The van der Waals surface area contributed by atoms with E-state index in [1.54, 1.807) is 0 Å². The number of β-amino-alcohol motifs (C(OH)–C–C–N with tert-alkyl or cyclic N) is 1. The maximum Gasteiger partial charge on any atom is 0.337 e. The van der Waals surface area contributed by atoms with Gasteiger partial charge in [-0.25, -0.2) is 4.79 Å². The molecule has 156 valence electrons. The molecule has 2 aliphatic heterocycles. The third-order valence-electron chi connectivity index (χ3n) is 5.30. The Bertz CT molecular complexity index is 812. The molecule has 0 aromatic heterocycles. The summed E-state index contributed by atoms with van der Waals surface area (Å²) in [6.07, 6.45) is 1.22. The van der Waals surface area contributed by atoms with E-state index >= 15 is 0 Å². The maximum absolute atomic E-state index is 12.6. The molecule has 1 saturated heterocycles. The largest absolute Gasteiger partial charge is 0.481 e. The number of anilines is 2. The second kappa shape index (κ2) is 8.95. The summed E-state index contributed by atoms with van der Waals surface area (Å²) in [5.74, 6) is -1.97. The highest BCUT2D eigenvalue weighted by Gasteiger charge is 2.34. The lowest BCUT2D eigenvalue weighted by Crippen LogP contribution is -2.36. The van der Waals surface area contributed by atoms with Gasteiger partial charge < -0.3 is 30.1 Å². The highest BCUT2D eigenvalue weighted by Crippen LogP contribution is 2.27. The molecule has 0 unspecified atom stereocenters. The molecule has 0 radical (unpaired) electrons. The highest BCUT2D eigenvalue weighted by atomic mass is 16.5. The molecule has 0 spiro atoms. The van der Waals surface area contributed by atoms with Crippen LogP contribution < -0.4 is 10.2 Å². The number of methoxy groups -OCH3 is 1. The van der Waals surface area contributed by atoms with Crippen LogP contribution in [-0.2, 0) is 19.1 Å². The van der Waals surface area contributed by atoms with Gasteiger partial charge in [0.15, 0.2) is 0 Å². The number of aliphatic hydroxyl groups excluding tert-OH is 1. The summed E-state index contributed by atoms with van der Waals surface area (Å²) in [5.41, 5.74) is 2.00. The second-order valence-electron chi connectivity index (χ2n) is 7.07. The molecular weight excluding hydrogens is 378 g/mol. The van der Waals surface area contributed by atoms with E-state index in [0.29, 0.717) is 31.6 Å². The van der Waals surface area contributed by atoms with E-state index in [1.807, 2.05) is 24.3 Å². The fraction of sp³-hybridized carbons (Fsp3) is 0.450. The molecule has 3 rings (SSSR count). The molecule has 2 aliphatic rings. The lowest BCUT2D eigenvalue weighted by atomic mass is 9.97. The molecule has 0 bridgehead atoms. The number of nitrogens with zero attached hydrogens (tertiary/aromatic N) is 2. The average molecular weight is 403 g/mol. The van der Waals surface area contributed by atoms with E-state index in [4.69, 9.17) is 14.9 Å². The Morgan fingerprint density at radius 3 is 2.41 bits per heavy atom. The van der Waals surface area contributed by atoms with E-state index in [0.717, 1.165) is 5.69 Å². The number of esters is 1. The molecule has 1 amide bonds. The molecule has 29 heavy (non-hydrogen) atoms. The highest BCUT2D eigenvalue weighted by molar-refractivity contribution is 6.08. The van der Waals surface area contributed by atoms with Gasteiger partial charge in [0.1, 0.15) is 5.70 Å². The fourth-order valence-electron chi connectivity index (χ4n) is 3.63. The number of ether oxygens (including phenoxy) is 1. The van der Waals surface area contributed by atoms with Crippen molar-refractivity contribution >= 4 is 29.2 Å². The van der Waals surface area contributed by atoms with Crippen molar-refractivity contribution < 1.29 is 29.3 Å². The normalized spacial score (nSPS) is 17.7. The van der Waals surface area contributed by atoms with Gasteiger partial charge in [0.05, 0.1) is 31.8 Å². The molecule has 1 fully saturated rings. The van der Waals surface area contributed by atoms with Gasteiger partial charge in [-0.1, -0.05) is 0 Å². The van der Waals surface area contributed by atoms with E-state index in [1.165, 1.54) is 12.0 Å². The van der Waals surface area contributed by atoms with E-state index < -0.39 is 11.9 Å². The SMILES string of the molecule is COC(=O)C1=C(Nc2ccc(N3CCC(C(=O)O)CC3)cc2)C(=O)N(CCO)C1. The van der Waals surface area contributed by atoms with Crippen LogP contribution in [0.25, 0.3) is 0 Å². The molecule has 9 nitrogen and oxygen atoms in total. The Labute approximate surface area is 168 Å². The number of nitrogens with one attached hydrogen (secondary N) is 1. The van der Waals surface area contributed by atoms with Crippen LogP contribution in [0.5, 0.6) is 0 Å². The molecule has 0 aliphatic carbocycles. The molecule has 3 N–H and O–H groups in total. The van der Waals surface area contributed by atoms with Crippen molar-refractivity contribution in [2.45, 2.75) is 12.8 Å². The predicted molar refractivity (Wildman–Crippen MR) is 105 cm³/mol. The quantitative estimate of drug-likeness (QED) is 0.568. The minimum atomic E-state index is -0.740. The fourth-order valence-corrected chi connectivity index (χ4v) is 3.63. The number of rotatable bonds is 7. The van der Waals surface area contributed by atoms with Crippen LogP contribution in [0.1, 0.15) is 12.8 Å². The zero-order valence-electron chi connectivity index (χ0n) is 16.3. The number of carbonyl (C=O) groups is 3. The van der Waals surface area contributed by atoms with Gasteiger partial charge in [-0.3, -0.25) is 9.59 Å². The number of carboxylic acids is 1. The smallest absolute Gasteiger partial charge is 0.337 e. The summed E-state index contributed by atoms with van der Waals surface area (Å²) >= 11 is 0. The molecular formula is C20H25N3O6. The minimum Gasteiger partial charge on any atom is -0.481 e. The number of benzene rings is 1. The summed E-state index contributed by atoms with van der Waals surface area (Å²) in [5, 5.41) is 21.2. The van der Waals surface area contributed by atoms with Crippen LogP contribution in [0.4, 0.5) is 11.4 Å². The van der Waals surface area contributed by atoms with Crippen LogP contribution in [0.15, 0.2) is 35.5 Å². The third-order valence-corrected chi connectivity index (χ3v) is 5.30. The number of hydrogen-bond donors (Lipinski definition) is 3. The van der Waals surface area contributed by atoms with Gasteiger partial charge in [0, 0.05) is 31.0 Å². The Balaban J connectivity index is 1.70. The first-order valence-corrected chi connectivity index (χ1v) is 9.51. The van der Waals surface area contributed by atoms with Crippen molar-refractivity contribution in [2.75, 3.05) is 50.1 Å². The van der Waals surface area contributed by atoms with Crippen LogP contribution in [0.3, 0.4) is 0 Å². The molecule has 9 heteroatoms. The number of aliphatic hydroxyl groups is 1. The van der Waals surface area contributed by atoms with Crippen molar-refractivity contribution in [3.05, 3.63) is 35.5 Å². The summed E-state index contributed by atoms with van der Waals surface area (Å²) in [6, 6.07) is 7.41. The maximum atomic E-state index is 12.6. The third kappa shape index (κ3) is 4.51. The number of piperidine rings is 1. The first-order chi connectivity index (χ1) is 13.9. The Hall–Kier alpha value is -3.07. The van der Waals surface area contributed by atoms with Gasteiger partial charge in [-0.15, -0.1) is 0 Å². The van der Waals surface area contributed by atoms with Gasteiger partial charge in [0.25, 0.3) is 5.91 Å². The summed E-state index contributed by atoms with van der Waals surface area (Å²) in [4.78, 5) is 39.2. The topological polar surface area (TPSA) is 119 Å². The van der Waals surface area contributed by atoms with Gasteiger partial charge in [-0.2, -0.15) is 0 Å². The van der Waals surface area contributed by atoms with Crippen LogP contribution in [0, 0.1) is 5.92 Å². The summed E-state index contributed by atoms with van der Waals surface area (Å²) in [7, 11) is 1.26. The zero-order valence-corrected chi connectivity index (χ0v) is 16.3. The predicted octanol–water partition coefficient (Wildman–Crippen LogP) is 0.661. The molecule has 2 heterocycles. The van der Waals surface area contributed by atoms with Crippen molar-refractivity contribution in [3.63, 3.8) is 0 Å². The minimum absolute atomic E-state index is 0.0883. The lowest BCUT2D eigenvalue weighted by molar-refractivity contribution is -0.142. The lowest BCUT2D eigenvalue weighted by Gasteiger charge is -2.32. The van der Waals surface area contributed by atoms with E-state index in [9.17, 15) is 14.4 Å².